The fourth-order valence-corrected chi connectivity index (χ4v) is 3.35. The second-order valence-electron chi connectivity index (χ2n) is 6.28. The van der Waals surface area contributed by atoms with Gasteiger partial charge in [0, 0.05) is 44.6 Å². The Balaban J connectivity index is 0.00000196. The number of hydrogen-bond donors (Lipinski definition) is 2. The van der Waals surface area contributed by atoms with Gasteiger partial charge in [0.05, 0.1) is 23.5 Å². The zero-order valence-corrected chi connectivity index (χ0v) is 15.2. The van der Waals surface area contributed by atoms with Crippen LogP contribution in [-0.4, -0.2) is 38.6 Å². The number of benzene rings is 1. The number of amides is 1. The molecule has 0 bridgehead atoms. The van der Waals surface area contributed by atoms with Gasteiger partial charge in [0.15, 0.2) is 0 Å². The molecule has 0 unspecified atom stereocenters. The molecule has 4 rings (SSSR count). The summed E-state index contributed by atoms with van der Waals surface area (Å²) >= 11 is 0. The normalized spacial score (nSPS) is 19.1. The Morgan fingerprint density at radius 1 is 1.23 bits per heavy atom. The van der Waals surface area contributed by atoms with E-state index in [9.17, 15) is 4.79 Å². The second kappa shape index (κ2) is 7.72. The van der Waals surface area contributed by atoms with Gasteiger partial charge in [-0.3, -0.25) is 9.48 Å². The van der Waals surface area contributed by atoms with E-state index in [1.54, 1.807) is 15.6 Å². The molecule has 1 amide bonds. The van der Waals surface area contributed by atoms with E-state index in [0.717, 1.165) is 23.5 Å². The first-order valence-corrected chi connectivity index (χ1v) is 8.31. The van der Waals surface area contributed by atoms with Gasteiger partial charge >= 0.3 is 0 Å². The van der Waals surface area contributed by atoms with Crippen molar-refractivity contribution in [2.75, 3.05) is 18.4 Å². The van der Waals surface area contributed by atoms with Crippen molar-refractivity contribution in [3.05, 3.63) is 60.7 Å². The topological polar surface area (TPSA) is 76.8 Å². The van der Waals surface area contributed by atoms with Crippen LogP contribution in [0.2, 0.25) is 0 Å². The molecule has 1 fully saturated rings. The van der Waals surface area contributed by atoms with E-state index in [4.69, 9.17) is 0 Å². The lowest BCUT2D eigenvalue weighted by atomic mass is 9.90. The van der Waals surface area contributed by atoms with Crippen molar-refractivity contribution in [3.63, 3.8) is 0 Å². The molecule has 1 aliphatic rings. The standard InChI is InChI=1S/C18H20N6O.ClH/c1-23-12-13(9-21-23)14-10-19-11-15(14)18(25)22-16-5-2-3-6-17(16)24-8-4-7-20-24;/h2-9,12,14-15,19H,10-11H2,1H3,(H,22,25);1H/t14-,15+;/m1./s1. The van der Waals surface area contributed by atoms with E-state index in [1.165, 1.54) is 0 Å². The highest BCUT2D eigenvalue weighted by molar-refractivity contribution is 5.95. The summed E-state index contributed by atoms with van der Waals surface area (Å²) in [5.41, 5.74) is 2.70. The highest BCUT2D eigenvalue weighted by atomic mass is 35.5. The van der Waals surface area contributed by atoms with Gasteiger partial charge in [-0.05, 0) is 23.8 Å². The number of para-hydroxylation sites is 2. The summed E-state index contributed by atoms with van der Waals surface area (Å²) in [5, 5.41) is 14.9. The average Bonchev–Trinajstić information content (AvgIpc) is 3.36. The van der Waals surface area contributed by atoms with E-state index < -0.39 is 0 Å². The number of rotatable bonds is 4. The zero-order valence-electron chi connectivity index (χ0n) is 14.4. The molecule has 1 aliphatic heterocycles. The van der Waals surface area contributed by atoms with Gasteiger partial charge in [-0.2, -0.15) is 10.2 Å². The van der Waals surface area contributed by atoms with Gasteiger partial charge < -0.3 is 10.6 Å². The van der Waals surface area contributed by atoms with Crippen LogP contribution in [-0.2, 0) is 11.8 Å². The molecule has 8 heteroatoms. The summed E-state index contributed by atoms with van der Waals surface area (Å²) in [6, 6.07) is 9.54. The summed E-state index contributed by atoms with van der Waals surface area (Å²) in [4.78, 5) is 12.9. The molecule has 0 radical (unpaired) electrons. The molecular formula is C18H21ClN6O. The van der Waals surface area contributed by atoms with E-state index in [1.807, 2.05) is 56.0 Å². The van der Waals surface area contributed by atoms with Crippen molar-refractivity contribution in [3.8, 4) is 5.69 Å². The van der Waals surface area contributed by atoms with Crippen LogP contribution in [0.4, 0.5) is 5.69 Å². The number of anilines is 1. The van der Waals surface area contributed by atoms with Crippen molar-refractivity contribution in [2.45, 2.75) is 5.92 Å². The first kappa shape index (κ1) is 18.2. The first-order chi connectivity index (χ1) is 12.2. The maximum absolute atomic E-state index is 12.9. The fraction of sp³-hybridized carbons (Fsp3) is 0.278. The summed E-state index contributed by atoms with van der Waals surface area (Å²) in [5.74, 6) is 0.0129. The van der Waals surface area contributed by atoms with Crippen molar-refractivity contribution >= 4 is 24.0 Å². The average molecular weight is 373 g/mol. The lowest BCUT2D eigenvalue weighted by Gasteiger charge is -2.18. The zero-order chi connectivity index (χ0) is 17.2. The fourth-order valence-electron chi connectivity index (χ4n) is 3.35. The molecular weight excluding hydrogens is 352 g/mol. The number of carbonyl (C=O) groups is 1. The molecule has 7 nitrogen and oxygen atoms in total. The van der Waals surface area contributed by atoms with Gasteiger partial charge in [-0.25, -0.2) is 4.68 Å². The molecule has 2 aromatic heterocycles. The molecule has 2 N–H and O–H groups in total. The largest absolute Gasteiger partial charge is 0.324 e. The Morgan fingerprint density at radius 3 is 2.81 bits per heavy atom. The van der Waals surface area contributed by atoms with Gasteiger partial charge in [-0.15, -0.1) is 12.4 Å². The minimum atomic E-state index is -0.130. The summed E-state index contributed by atoms with van der Waals surface area (Å²) < 4.78 is 3.52. The van der Waals surface area contributed by atoms with Gasteiger partial charge in [0.25, 0.3) is 0 Å². The summed E-state index contributed by atoms with van der Waals surface area (Å²) in [6.07, 6.45) is 7.41. The first-order valence-electron chi connectivity index (χ1n) is 8.31. The second-order valence-corrected chi connectivity index (χ2v) is 6.28. The molecule has 3 heterocycles. The number of nitrogens with one attached hydrogen (secondary N) is 2. The van der Waals surface area contributed by atoms with Crippen LogP contribution in [0.25, 0.3) is 5.69 Å². The number of nitrogens with zero attached hydrogens (tertiary/aromatic N) is 4. The Morgan fingerprint density at radius 2 is 2.08 bits per heavy atom. The predicted molar refractivity (Wildman–Crippen MR) is 102 cm³/mol. The molecule has 0 spiro atoms. The van der Waals surface area contributed by atoms with Crippen molar-refractivity contribution in [2.24, 2.45) is 13.0 Å². The Labute approximate surface area is 157 Å². The van der Waals surface area contributed by atoms with E-state index in [-0.39, 0.29) is 30.2 Å². The van der Waals surface area contributed by atoms with Crippen LogP contribution in [0.5, 0.6) is 0 Å². The third-order valence-corrected chi connectivity index (χ3v) is 4.62. The van der Waals surface area contributed by atoms with E-state index >= 15 is 0 Å². The molecule has 0 saturated carbocycles. The van der Waals surface area contributed by atoms with E-state index in [2.05, 4.69) is 20.8 Å². The lowest BCUT2D eigenvalue weighted by molar-refractivity contribution is -0.119. The Kier molecular flexibility index (Phi) is 5.39. The van der Waals surface area contributed by atoms with Crippen LogP contribution >= 0.6 is 12.4 Å². The quantitative estimate of drug-likeness (QED) is 0.734. The smallest absolute Gasteiger partial charge is 0.229 e. The van der Waals surface area contributed by atoms with Crippen molar-refractivity contribution in [1.82, 2.24) is 24.9 Å². The minimum Gasteiger partial charge on any atom is -0.324 e. The number of hydrogen-bond acceptors (Lipinski definition) is 4. The molecule has 1 aromatic carbocycles. The van der Waals surface area contributed by atoms with Crippen LogP contribution in [0.3, 0.4) is 0 Å². The number of aryl methyl sites for hydroxylation is 1. The molecule has 26 heavy (non-hydrogen) atoms. The van der Waals surface area contributed by atoms with Crippen LogP contribution in [0.15, 0.2) is 55.1 Å². The van der Waals surface area contributed by atoms with E-state index in [0.29, 0.717) is 6.54 Å². The summed E-state index contributed by atoms with van der Waals surface area (Å²) in [7, 11) is 1.89. The van der Waals surface area contributed by atoms with Crippen molar-refractivity contribution in [1.29, 1.82) is 0 Å². The van der Waals surface area contributed by atoms with Crippen LogP contribution in [0.1, 0.15) is 11.5 Å². The maximum Gasteiger partial charge on any atom is 0.229 e. The van der Waals surface area contributed by atoms with Crippen LogP contribution < -0.4 is 10.6 Å². The van der Waals surface area contributed by atoms with Gasteiger partial charge in [0.2, 0.25) is 5.91 Å². The molecule has 1 saturated heterocycles. The van der Waals surface area contributed by atoms with Crippen molar-refractivity contribution < 1.29 is 4.79 Å². The number of aromatic nitrogens is 4. The SMILES string of the molecule is Cl.Cn1cc([C@H]2CNC[C@@H]2C(=O)Nc2ccccc2-n2cccn2)cn1. The monoisotopic (exact) mass is 372 g/mol. The predicted octanol–water partition coefficient (Wildman–Crippen LogP) is 1.97. The molecule has 0 aliphatic carbocycles. The third kappa shape index (κ3) is 3.49. The van der Waals surface area contributed by atoms with Gasteiger partial charge in [0.1, 0.15) is 0 Å². The Bertz CT molecular complexity index is 875. The third-order valence-electron chi connectivity index (χ3n) is 4.62. The van der Waals surface area contributed by atoms with Crippen LogP contribution in [0, 0.1) is 5.92 Å². The minimum absolute atomic E-state index is 0. The maximum atomic E-state index is 12.9. The molecule has 136 valence electrons. The lowest BCUT2D eigenvalue weighted by Crippen LogP contribution is -2.28. The molecule has 2 atom stereocenters. The Hall–Kier alpha value is -2.64. The summed E-state index contributed by atoms with van der Waals surface area (Å²) in [6.45, 7) is 1.44. The highest BCUT2D eigenvalue weighted by Crippen LogP contribution is 2.29. The highest BCUT2D eigenvalue weighted by Gasteiger charge is 2.35. The number of halogens is 1. The molecule has 3 aromatic rings. The number of carbonyl (C=O) groups excluding carboxylic acids is 1. The van der Waals surface area contributed by atoms with Gasteiger partial charge in [-0.1, -0.05) is 12.1 Å².